The number of methoxy groups -OCH3 is 1. The summed E-state index contributed by atoms with van der Waals surface area (Å²) in [6.45, 7) is 1.34. The monoisotopic (exact) mass is 472 g/mol. The Bertz CT molecular complexity index is 1240. The number of carbonyl (C=O) groups excluding carboxylic acids is 1. The van der Waals surface area contributed by atoms with Crippen LogP contribution >= 0.6 is 11.6 Å². The molecule has 0 radical (unpaired) electrons. The molecule has 1 aliphatic rings. The summed E-state index contributed by atoms with van der Waals surface area (Å²) in [5, 5.41) is 2.41. The van der Waals surface area contributed by atoms with Crippen molar-refractivity contribution < 1.29 is 17.9 Å². The molecular weight excluding hydrogens is 448 g/mol. The predicted octanol–water partition coefficient (Wildman–Crippen LogP) is 3.97. The van der Waals surface area contributed by atoms with Gasteiger partial charge in [-0.25, -0.2) is 8.42 Å². The van der Waals surface area contributed by atoms with Crippen LogP contribution in [0.4, 0.5) is 0 Å². The summed E-state index contributed by atoms with van der Waals surface area (Å²) in [5.74, 6) is 0.616. The van der Waals surface area contributed by atoms with Crippen molar-refractivity contribution in [3.05, 3.63) is 71.2 Å². The van der Waals surface area contributed by atoms with Gasteiger partial charge in [0.15, 0.2) is 0 Å². The molecule has 0 spiro atoms. The van der Waals surface area contributed by atoms with E-state index in [2.05, 4.69) is 0 Å². The zero-order chi connectivity index (χ0) is 22.7. The van der Waals surface area contributed by atoms with Crippen LogP contribution in [0.15, 0.2) is 65.6 Å². The van der Waals surface area contributed by atoms with Gasteiger partial charge in [-0.1, -0.05) is 48.0 Å². The van der Waals surface area contributed by atoms with E-state index >= 15 is 0 Å². The minimum atomic E-state index is -3.60. The normalized spacial score (nSPS) is 15.1. The highest BCUT2D eigenvalue weighted by Crippen LogP contribution is 2.26. The molecule has 0 bridgehead atoms. The van der Waals surface area contributed by atoms with E-state index in [4.69, 9.17) is 16.3 Å². The molecule has 0 unspecified atom stereocenters. The lowest BCUT2D eigenvalue weighted by atomic mass is 10.1. The number of carbonyl (C=O) groups is 1. The summed E-state index contributed by atoms with van der Waals surface area (Å²) in [5.41, 5.74) is 0.960. The van der Waals surface area contributed by atoms with E-state index in [0.29, 0.717) is 36.7 Å². The first-order valence-electron chi connectivity index (χ1n) is 10.5. The Morgan fingerprint density at radius 2 is 1.69 bits per heavy atom. The number of fused-ring (bicyclic) bond motifs is 1. The molecule has 0 aliphatic carbocycles. The molecule has 1 amide bonds. The van der Waals surface area contributed by atoms with Crippen LogP contribution in [0.1, 0.15) is 12.0 Å². The van der Waals surface area contributed by atoms with E-state index in [9.17, 15) is 13.2 Å². The van der Waals surface area contributed by atoms with E-state index in [0.717, 1.165) is 16.3 Å². The van der Waals surface area contributed by atoms with Crippen LogP contribution in [-0.2, 0) is 21.2 Å². The van der Waals surface area contributed by atoms with Gasteiger partial charge in [-0.2, -0.15) is 4.31 Å². The molecule has 8 heteroatoms. The van der Waals surface area contributed by atoms with Crippen molar-refractivity contribution in [2.75, 3.05) is 33.3 Å². The van der Waals surface area contributed by atoms with Crippen molar-refractivity contribution >= 4 is 38.3 Å². The third-order valence-corrected chi connectivity index (χ3v) is 7.98. The minimum Gasteiger partial charge on any atom is -0.495 e. The van der Waals surface area contributed by atoms with Crippen LogP contribution in [0.2, 0.25) is 5.02 Å². The Hall–Kier alpha value is -2.61. The molecule has 1 saturated heterocycles. The van der Waals surface area contributed by atoms with Crippen molar-refractivity contribution in [2.24, 2.45) is 0 Å². The van der Waals surface area contributed by atoms with Gasteiger partial charge in [0, 0.05) is 32.6 Å². The Labute approximate surface area is 193 Å². The second-order valence-corrected chi connectivity index (χ2v) is 10.1. The first kappa shape index (κ1) is 22.6. The average molecular weight is 473 g/mol. The van der Waals surface area contributed by atoms with Gasteiger partial charge in [-0.15, -0.1) is 0 Å². The highest BCUT2D eigenvalue weighted by Gasteiger charge is 2.30. The van der Waals surface area contributed by atoms with Crippen LogP contribution in [0.5, 0.6) is 5.75 Å². The molecule has 0 atom stereocenters. The van der Waals surface area contributed by atoms with Gasteiger partial charge >= 0.3 is 0 Å². The first-order chi connectivity index (χ1) is 15.4. The number of hydrogen-bond acceptors (Lipinski definition) is 4. The molecule has 4 rings (SSSR count). The minimum absolute atomic E-state index is 0.0136. The lowest BCUT2D eigenvalue weighted by Crippen LogP contribution is -2.50. The highest BCUT2D eigenvalue weighted by atomic mass is 35.5. The Balaban J connectivity index is 1.35. The fourth-order valence-corrected chi connectivity index (χ4v) is 5.67. The molecule has 1 fully saturated rings. The number of amides is 1. The molecule has 0 N–H and O–H groups in total. The fourth-order valence-electron chi connectivity index (χ4n) is 3.93. The van der Waals surface area contributed by atoms with Crippen molar-refractivity contribution in [1.29, 1.82) is 0 Å². The van der Waals surface area contributed by atoms with Crippen molar-refractivity contribution in [2.45, 2.75) is 17.7 Å². The van der Waals surface area contributed by atoms with E-state index < -0.39 is 10.0 Å². The summed E-state index contributed by atoms with van der Waals surface area (Å²) in [4.78, 5) is 14.7. The molecule has 0 saturated carbocycles. The van der Waals surface area contributed by atoms with Crippen LogP contribution in [0.25, 0.3) is 10.8 Å². The maximum atomic E-state index is 13.1. The number of halogens is 1. The van der Waals surface area contributed by atoms with Gasteiger partial charge in [-0.05, 0) is 47.0 Å². The van der Waals surface area contributed by atoms with E-state index in [1.807, 2.05) is 42.5 Å². The third-order valence-electron chi connectivity index (χ3n) is 5.79. The van der Waals surface area contributed by atoms with Gasteiger partial charge in [0.1, 0.15) is 5.75 Å². The zero-order valence-electron chi connectivity index (χ0n) is 17.8. The highest BCUT2D eigenvalue weighted by molar-refractivity contribution is 7.89. The average Bonchev–Trinajstić information content (AvgIpc) is 2.82. The second kappa shape index (κ2) is 9.48. The van der Waals surface area contributed by atoms with Crippen molar-refractivity contribution in [3.63, 3.8) is 0 Å². The third kappa shape index (κ3) is 4.75. The summed E-state index contributed by atoms with van der Waals surface area (Å²) < 4.78 is 32.8. The zero-order valence-corrected chi connectivity index (χ0v) is 19.4. The molecule has 6 nitrogen and oxygen atoms in total. The lowest BCUT2D eigenvalue weighted by Gasteiger charge is -2.34. The first-order valence-corrected chi connectivity index (χ1v) is 12.3. The molecule has 3 aromatic rings. The van der Waals surface area contributed by atoms with Gasteiger partial charge < -0.3 is 9.64 Å². The summed E-state index contributed by atoms with van der Waals surface area (Å²) >= 11 is 6.15. The van der Waals surface area contributed by atoms with Crippen LogP contribution < -0.4 is 4.74 Å². The summed E-state index contributed by atoms with van der Waals surface area (Å²) in [7, 11) is -2.04. The van der Waals surface area contributed by atoms with Crippen LogP contribution in [0.3, 0.4) is 0 Å². The largest absolute Gasteiger partial charge is 0.495 e. The van der Waals surface area contributed by atoms with Gasteiger partial charge in [0.2, 0.25) is 15.9 Å². The molecule has 32 heavy (non-hydrogen) atoms. The van der Waals surface area contributed by atoms with Gasteiger partial charge in [-0.3, -0.25) is 4.79 Å². The molecule has 0 aromatic heterocycles. The number of ether oxygens (including phenoxy) is 1. The SMILES string of the molecule is COc1ccc(CCC(=O)N2CCN(S(=O)(=O)c3ccc4ccccc4c3)CC2)cc1Cl. The van der Waals surface area contributed by atoms with Crippen LogP contribution in [0, 0.1) is 0 Å². The molecule has 1 heterocycles. The number of aryl methyl sites for hydroxylation is 1. The lowest BCUT2D eigenvalue weighted by molar-refractivity contribution is -0.132. The van der Waals surface area contributed by atoms with Crippen LogP contribution in [-0.4, -0.2) is 56.8 Å². The topological polar surface area (TPSA) is 66.9 Å². The number of sulfonamides is 1. The summed E-state index contributed by atoms with van der Waals surface area (Å²) in [6.07, 6.45) is 0.915. The Kier molecular flexibility index (Phi) is 6.69. The fraction of sp³-hybridized carbons (Fsp3) is 0.292. The molecule has 3 aromatic carbocycles. The quantitative estimate of drug-likeness (QED) is 0.544. The smallest absolute Gasteiger partial charge is 0.243 e. The number of hydrogen-bond donors (Lipinski definition) is 0. The van der Waals surface area contributed by atoms with E-state index in [1.165, 1.54) is 4.31 Å². The van der Waals surface area contributed by atoms with Crippen molar-refractivity contribution in [1.82, 2.24) is 9.21 Å². The second-order valence-electron chi connectivity index (χ2n) is 7.76. The Morgan fingerprint density at radius 1 is 0.969 bits per heavy atom. The maximum absolute atomic E-state index is 13.1. The van der Waals surface area contributed by atoms with Gasteiger partial charge in [0.05, 0.1) is 17.0 Å². The van der Waals surface area contributed by atoms with Gasteiger partial charge in [0.25, 0.3) is 0 Å². The Morgan fingerprint density at radius 3 is 2.38 bits per heavy atom. The number of rotatable bonds is 6. The standard InChI is InChI=1S/C24H25ClN2O4S/c1-31-23-10-6-18(16-22(23)25)7-11-24(28)26-12-14-27(15-13-26)32(29,30)21-9-8-19-4-2-3-5-20(19)17-21/h2-6,8-10,16-17H,7,11-15H2,1H3. The molecular formula is C24H25ClN2O4S. The number of benzene rings is 3. The maximum Gasteiger partial charge on any atom is 0.243 e. The number of nitrogens with zero attached hydrogens (tertiary/aromatic N) is 2. The summed E-state index contributed by atoms with van der Waals surface area (Å²) in [6, 6.07) is 18.4. The predicted molar refractivity (Wildman–Crippen MR) is 126 cm³/mol. The van der Waals surface area contributed by atoms with E-state index in [-0.39, 0.29) is 23.9 Å². The van der Waals surface area contributed by atoms with Crippen molar-refractivity contribution in [3.8, 4) is 5.75 Å². The molecule has 1 aliphatic heterocycles. The van der Waals surface area contributed by atoms with E-state index in [1.54, 1.807) is 30.2 Å². The molecule has 168 valence electrons. The number of piperazine rings is 1.